The molecule has 10 aromatic carbocycles. The van der Waals surface area contributed by atoms with Crippen LogP contribution < -0.4 is 4.90 Å². The molecule has 0 aliphatic heterocycles. The molecule has 1 aromatic heterocycles. The highest BCUT2D eigenvalue weighted by molar-refractivity contribution is 6.11. The quantitative estimate of drug-likeness (QED) is 0.172. The van der Waals surface area contributed by atoms with Crippen LogP contribution in [0.3, 0.4) is 0 Å². The molecule has 1 heterocycles. The molecule has 2 nitrogen and oxygen atoms in total. The van der Waals surface area contributed by atoms with Gasteiger partial charge in [0.05, 0.1) is 22.2 Å². The number of hydrogen-bond acceptors (Lipinski definition) is 2. The summed E-state index contributed by atoms with van der Waals surface area (Å²) >= 11 is 0. The summed E-state index contributed by atoms with van der Waals surface area (Å²) in [5.41, 5.74) is 21.8. The van der Waals surface area contributed by atoms with Gasteiger partial charge in [0.15, 0.2) is 5.58 Å². The lowest BCUT2D eigenvalue weighted by molar-refractivity contribution is 0.669. The fourth-order valence-electron chi connectivity index (χ4n) is 12.2. The normalized spacial score (nSPS) is 14.2. The third-order valence-corrected chi connectivity index (χ3v) is 14.6. The van der Waals surface area contributed by atoms with Crippen molar-refractivity contribution >= 4 is 39.0 Å². The molecule has 0 fully saturated rings. The third-order valence-electron chi connectivity index (χ3n) is 14.6. The van der Waals surface area contributed by atoms with Crippen molar-refractivity contribution in [2.24, 2.45) is 0 Å². The lowest BCUT2D eigenvalue weighted by Gasteiger charge is -2.36. The second-order valence-electron chi connectivity index (χ2n) is 17.4. The molecular formula is C62H39NO. The van der Waals surface area contributed by atoms with E-state index < -0.39 is 10.8 Å². The van der Waals surface area contributed by atoms with E-state index in [1.165, 1.54) is 77.9 Å². The molecule has 0 saturated carbocycles. The molecule has 3 aliphatic carbocycles. The summed E-state index contributed by atoms with van der Waals surface area (Å²) in [4.78, 5) is 2.48. The van der Waals surface area contributed by atoms with Crippen LogP contribution in [0.2, 0.25) is 0 Å². The van der Waals surface area contributed by atoms with Crippen molar-refractivity contribution in [2.75, 3.05) is 4.90 Å². The average molecular weight is 814 g/mol. The molecule has 0 saturated heterocycles. The summed E-state index contributed by atoms with van der Waals surface area (Å²) in [5, 5.41) is 2.21. The zero-order chi connectivity index (χ0) is 42.0. The van der Waals surface area contributed by atoms with E-state index >= 15 is 0 Å². The van der Waals surface area contributed by atoms with Gasteiger partial charge in [-0.25, -0.2) is 0 Å². The molecule has 14 rings (SSSR count). The molecule has 0 atom stereocenters. The molecule has 0 N–H and O–H groups in total. The van der Waals surface area contributed by atoms with Gasteiger partial charge in [0.25, 0.3) is 0 Å². The summed E-state index contributed by atoms with van der Waals surface area (Å²) in [6, 6.07) is 87.6. The van der Waals surface area contributed by atoms with Gasteiger partial charge in [0.2, 0.25) is 0 Å². The Morgan fingerprint density at radius 1 is 0.297 bits per heavy atom. The molecule has 0 unspecified atom stereocenters. The van der Waals surface area contributed by atoms with Crippen LogP contribution in [0.15, 0.2) is 241 Å². The minimum atomic E-state index is -0.551. The Balaban J connectivity index is 1.07. The predicted octanol–water partition coefficient (Wildman–Crippen LogP) is 15.8. The van der Waals surface area contributed by atoms with Crippen molar-refractivity contribution in [3.8, 4) is 33.4 Å². The third kappa shape index (κ3) is 4.44. The first kappa shape index (κ1) is 35.4. The van der Waals surface area contributed by atoms with Crippen molar-refractivity contribution in [3.63, 3.8) is 0 Å². The van der Waals surface area contributed by atoms with Crippen LogP contribution in [0.1, 0.15) is 44.5 Å². The Morgan fingerprint density at radius 3 is 1.31 bits per heavy atom. The molecule has 11 aromatic rings. The number of rotatable bonds is 5. The van der Waals surface area contributed by atoms with Gasteiger partial charge < -0.3 is 9.32 Å². The van der Waals surface area contributed by atoms with Crippen LogP contribution in [0, 0.1) is 0 Å². The molecule has 298 valence electrons. The fraction of sp³-hybridized carbons (Fsp3) is 0.0323. The van der Waals surface area contributed by atoms with Gasteiger partial charge in [-0.1, -0.05) is 206 Å². The number of nitrogens with zero attached hydrogens (tertiary/aromatic N) is 1. The second-order valence-corrected chi connectivity index (χ2v) is 17.4. The van der Waals surface area contributed by atoms with Crippen LogP contribution >= 0.6 is 0 Å². The SMILES string of the molecule is c1ccc(C2(c3ccc(N(c4cccc5c4C4(c6ccccc6-c6ccccc64)c4ccccc4-5)c4cccc5c4oc4ccccc45)cc3)c3ccccc3-c3ccccc32)cc1. The number of hydrogen-bond donors (Lipinski definition) is 0. The Morgan fingerprint density at radius 2 is 0.719 bits per heavy atom. The van der Waals surface area contributed by atoms with Gasteiger partial charge in [0, 0.05) is 22.0 Å². The topological polar surface area (TPSA) is 16.4 Å². The highest BCUT2D eigenvalue weighted by atomic mass is 16.3. The van der Waals surface area contributed by atoms with E-state index in [-0.39, 0.29) is 0 Å². The van der Waals surface area contributed by atoms with E-state index in [4.69, 9.17) is 4.42 Å². The second kappa shape index (κ2) is 13.2. The highest BCUT2D eigenvalue weighted by Crippen LogP contribution is 2.66. The zero-order valence-corrected chi connectivity index (χ0v) is 34.9. The Kier molecular flexibility index (Phi) is 7.28. The average Bonchev–Trinajstić information content (AvgIpc) is 4.08. The van der Waals surface area contributed by atoms with Gasteiger partial charge in [-0.15, -0.1) is 0 Å². The van der Waals surface area contributed by atoms with Crippen LogP contribution in [-0.2, 0) is 10.8 Å². The number of anilines is 3. The Labute approximate surface area is 372 Å². The molecule has 3 aliphatic rings. The first-order chi connectivity index (χ1) is 31.8. The van der Waals surface area contributed by atoms with Gasteiger partial charge in [-0.05, 0) is 103 Å². The maximum Gasteiger partial charge on any atom is 0.159 e. The number of fused-ring (bicyclic) bond motifs is 16. The molecule has 64 heavy (non-hydrogen) atoms. The number of benzene rings is 10. The summed E-state index contributed by atoms with van der Waals surface area (Å²) in [6.07, 6.45) is 0. The van der Waals surface area contributed by atoms with E-state index in [9.17, 15) is 0 Å². The zero-order valence-electron chi connectivity index (χ0n) is 34.9. The highest BCUT2D eigenvalue weighted by Gasteiger charge is 2.53. The smallest absolute Gasteiger partial charge is 0.159 e. The van der Waals surface area contributed by atoms with Crippen LogP contribution in [0.5, 0.6) is 0 Å². The molecule has 2 heteroatoms. The predicted molar refractivity (Wildman–Crippen MR) is 262 cm³/mol. The van der Waals surface area contributed by atoms with Gasteiger partial charge in [0.1, 0.15) is 5.58 Å². The van der Waals surface area contributed by atoms with Crippen molar-refractivity contribution in [3.05, 3.63) is 281 Å². The summed E-state index contributed by atoms with van der Waals surface area (Å²) in [6.45, 7) is 0. The van der Waals surface area contributed by atoms with Gasteiger partial charge in [-0.3, -0.25) is 0 Å². The lowest BCUT2D eigenvalue weighted by atomic mass is 9.67. The van der Waals surface area contributed by atoms with E-state index in [2.05, 4.69) is 241 Å². The summed E-state index contributed by atoms with van der Waals surface area (Å²) in [5.74, 6) is 0. The van der Waals surface area contributed by atoms with Crippen LogP contribution in [-0.4, -0.2) is 0 Å². The maximum absolute atomic E-state index is 6.93. The number of para-hydroxylation sites is 2. The largest absolute Gasteiger partial charge is 0.454 e. The Hall–Kier alpha value is -8.20. The first-order valence-electron chi connectivity index (χ1n) is 22.3. The first-order valence-corrected chi connectivity index (χ1v) is 22.3. The van der Waals surface area contributed by atoms with E-state index in [1.54, 1.807) is 0 Å². The van der Waals surface area contributed by atoms with Gasteiger partial charge >= 0.3 is 0 Å². The number of furan rings is 1. The monoisotopic (exact) mass is 813 g/mol. The van der Waals surface area contributed by atoms with Crippen molar-refractivity contribution in [1.29, 1.82) is 0 Å². The maximum atomic E-state index is 6.93. The van der Waals surface area contributed by atoms with E-state index in [0.29, 0.717) is 0 Å². The van der Waals surface area contributed by atoms with Crippen LogP contribution in [0.4, 0.5) is 17.1 Å². The standard InChI is InChI=1S/C62H39NO/c1-2-18-40(19-3-1)61(51-28-10-4-20-43(51)44-21-5-11-29-52(44)61)41-36-38-42(39-37-41)63(57-34-17-27-50-48-25-9-15-35-58(48)64-60(50)57)56-33-16-26-49-47-24-8-14-32-55(47)62(59(49)56)53-30-12-6-22-45(53)46-23-7-13-31-54(46)62/h1-39H. The van der Waals surface area contributed by atoms with Gasteiger partial charge in [-0.2, -0.15) is 0 Å². The van der Waals surface area contributed by atoms with Crippen molar-refractivity contribution in [2.45, 2.75) is 10.8 Å². The molecule has 0 radical (unpaired) electrons. The molecule has 1 spiro atoms. The molecule has 0 bridgehead atoms. The summed E-state index contributed by atoms with van der Waals surface area (Å²) < 4.78 is 6.93. The minimum absolute atomic E-state index is 0.506. The van der Waals surface area contributed by atoms with E-state index in [1.807, 2.05) is 0 Å². The van der Waals surface area contributed by atoms with Crippen molar-refractivity contribution in [1.82, 2.24) is 0 Å². The van der Waals surface area contributed by atoms with E-state index in [0.717, 1.165) is 39.0 Å². The molecular weight excluding hydrogens is 775 g/mol. The van der Waals surface area contributed by atoms with Crippen LogP contribution in [0.25, 0.3) is 55.3 Å². The molecule has 0 amide bonds. The summed E-state index contributed by atoms with van der Waals surface area (Å²) in [7, 11) is 0. The Bertz CT molecular complexity index is 3580. The minimum Gasteiger partial charge on any atom is -0.454 e. The fourth-order valence-corrected chi connectivity index (χ4v) is 12.2. The van der Waals surface area contributed by atoms with Crippen molar-refractivity contribution < 1.29 is 4.42 Å². The lowest BCUT2D eigenvalue weighted by Crippen LogP contribution is -2.29.